The Kier molecular flexibility index (Phi) is 55.2. The molecule has 0 saturated carbocycles. The standard InChI is InChI=1S/C62H119NO5/c1-3-5-7-9-11-13-15-17-19-21-23-24-25-26-27-28-29-30-31-32-33-34-35-36-37-38-40-42-44-46-48-50-52-54-56-60(66)62(68)63-58(57-64)61(67)59(65)55-53-51-49-47-45-43-41-39-22-20-18-16-14-12-10-8-6-4-2/h28-29,39,41,47,49,58-61,64-67H,3-27,30-38,40,42-46,48,50-57H2,1-2H3,(H,63,68)/b29-28-,41-39+,49-47+. The van der Waals surface area contributed by atoms with Crippen LogP contribution in [0.4, 0.5) is 0 Å². The van der Waals surface area contributed by atoms with Crippen LogP contribution in [-0.4, -0.2) is 57.3 Å². The van der Waals surface area contributed by atoms with E-state index < -0.39 is 36.9 Å². The van der Waals surface area contributed by atoms with Gasteiger partial charge in [0, 0.05) is 0 Å². The van der Waals surface area contributed by atoms with Gasteiger partial charge in [-0.25, -0.2) is 0 Å². The molecule has 5 N–H and O–H groups in total. The summed E-state index contributed by atoms with van der Waals surface area (Å²) in [5.41, 5.74) is 0. The normalized spacial score (nSPS) is 13.9. The van der Waals surface area contributed by atoms with Crippen molar-refractivity contribution in [3.63, 3.8) is 0 Å². The van der Waals surface area contributed by atoms with Crippen LogP contribution >= 0.6 is 0 Å². The minimum atomic E-state index is -1.29. The van der Waals surface area contributed by atoms with Crippen molar-refractivity contribution in [3.8, 4) is 0 Å². The highest BCUT2D eigenvalue weighted by atomic mass is 16.3. The predicted octanol–water partition coefficient (Wildman–Crippen LogP) is 18.0. The Morgan fingerprint density at radius 3 is 0.926 bits per heavy atom. The number of carbonyl (C=O) groups excluding carboxylic acids is 1. The van der Waals surface area contributed by atoms with E-state index in [1.165, 1.54) is 250 Å². The van der Waals surface area contributed by atoms with Gasteiger partial charge in [-0.2, -0.15) is 0 Å². The number of allylic oxidation sites excluding steroid dienone is 6. The summed E-state index contributed by atoms with van der Waals surface area (Å²) < 4.78 is 0. The van der Waals surface area contributed by atoms with E-state index in [1.54, 1.807) is 0 Å². The molecule has 402 valence electrons. The Labute approximate surface area is 424 Å². The zero-order chi connectivity index (χ0) is 49.5. The van der Waals surface area contributed by atoms with E-state index in [0.717, 1.165) is 38.5 Å². The molecule has 0 aromatic rings. The molecule has 1 amide bonds. The summed E-state index contributed by atoms with van der Waals surface area (Å²) in [6, 6.07) is -1.01. The summed E-state index contributed by atoms with van der Waals surface area (Å²) in [4.78, 5) is 12.6. The lowest BCUT2D eigenvalue weighted by Gasteiger charge is -2.27. The zero-order valence-corrected chi connectivity index (χ0v) is 45.6. The van der Waals surface area contributed by atoms with Crippen molar-refractivity contribution >= 4 is 5.91 Å². The summed E-state index contributed by atoms with van der Waals surface area (Å²) in [5.74, 6) is -0.593. The Hall–Kier alpha value is -1.47. The van der Waals surface area contributed by atoms with Crippen molar-refractivity contribution in [2.75, 3.05) is 6.61 Å². The van der Waals surface area contributed by atoms with Gasteiger partial charge in [0.2, 0.25) is 5.91 Å². The molecule has 0 aliphatic carbocycles. The molecule has 0 rings (SSSR count). The Morgan fingerprint density at radius 1 is 0.353 bits per heavy atom. The molecule has 68 heavy (non-hydrogen) atoms. The third-order valence-electron chi connectivity index (χ3n) is 14.3. The molecule has 0 heterocycles. The van der Waals surface area contributed by atoms with Crippen LogP contribution in [0.1, 0.15) is 322 Å². The number of hydrogen-bond donors (Lipinski definition) is 5. The molecule has 0 bridgehead atoms. The van der Waals surface area contributed by atoms with Gasteiger partial charge in [0.1, 0.15) is 12.2 Å². The fourth-order valence-corrected chi connectivity index (χ4v) is 9.54. The molecule has 0 fully saturated rings. The monoisotopic (exact) mass is 958 g/mol. The molecule has 0 aliphatic rings. The Morgan fingerprint density at radius 2 is 0.618 bits per heavy atom. The van der Waals surface area contributed by atoms with E-state index >= 15 is 0 Å². The van der Waals surface area contributed by atoms with Crippen molar-refractivity contribution in [3.05, 3.63) is 36.5 Å². The highest BCUT2D eigenvalue weighted by molar-refractivity contribution is 5.80. The first kappa shape index (κ1) is 66.5. The van der Waals surface area contributed by atoms with Crippen LogP contribution in [0.25, 0.3) is 0 Å². The SMILES string of the molecule is CCCCCCCCCCC/C=C/CC/C=C/CCCC(O)C(O)C(CO)NC(=O)C(O)CCCCCCCCCCCCCCCCCC/C=C\CCCCCCCCCCCCCCCC. The molecule has 6 heteroatoms. The highest BCUT2D eigenvalue weighted by Crippen LogP contribution is 2.18. The molecule has 4 unspecified atom stereocenters. The van der Waals surface area contributed by atoms with Crippen LogP contribution in [0.2, 0.25) is 0 Å². The summed E-state index contributed by atoms with van der Waals surface area (Å²) >= 11 is 0. The lowest BCUT2D eigenvalue weighted by molar-refractivity contribution is -0.132. The molecule has 6 nitrogen and oxygen atoms in total. The van der Waals surface area contributed by atoms with E-state index in [-0.39, 0.29) is 0 Å². The maximum absolute atomic E-state index is 12.6. The second kappa shape index (κ2) is 56.4. The quantitative estimate of drug-likeness (QED) is 0.0308. The van der Waals surface area contributed by atoms with E-state index in [2.05, 4.69) is 55.6 Å². The van der Waals surface area contributed by atoms with E-state index in [0.29, 0.717) is 19.3 Å². The average Bonchev–Trinajstić information content (AvgIpc) is 3.34. The number of aliphatic hydroxyl groups excluding tert-OH is 4. The average molecular weight is 959 g/mol. The lowest BCUT2D eigenvalue weighted by atomic mass is 10.00. The molecule has 0 aliphatic heterocycles. The van der Waals surface area contributed by atoms with Gasteiger partial charge in [0.05, 0.1) is 18.8 Å². The van der Waals surface area contributed by atoms with Crippen LogP contribution in [0.5, 0.6) is 0 Å². The van der Waals surface area contributed by atoms with Gasteiger partial charge in [-0.3, -0.25) is 4.79 Å². The first-order valence-electron chi connectivity index (χ1n) is 30.4. The summed E-state index contributed by atoms with van der Waals surface area (Å²) in [5, 5.41) is 44.0. The molecular formula is C62H119NO5. The Bertz CT molecular complexity index is 1080. The second-order valence-electron chi connectivity index (χ2n) is 21.0. The molecule has 0 radical (unpaired) electrons. The number of unbranched alkanes of at least 4 members (excludes halogenated alkanes) is 41. The predicted molar refractivity (Wildman–Crippen MR) is 297 cm³/mol. The van der Waals surface area contributed by atoms with Crippen molar-refractivity contribution in [2.24, 2.45) is 0 Å². The van der Waals surface area contributed by atoms with Gasteiger partial charge < -0.3 is 25.7 Å². The van der Waals surface area contributed by atoms with Crippen LogP contribution < -0.4 is 5.32 Å². The van der Waals surface area contributed by atoms with Gasteiger partial charge in [-0.05, 0) is 77.0 Å². The maximum atomic E-state index is 12.6. The van der Waals surface area contributed by atoms with Gasteiger partial charge in [-0.15, -0.1) is 0 Å². The third-order valence-corrected chi connectivity index (χ3v) is 14.3. The maximum Gasteiger partial charge on any atom is 0.249 e. The van der Waals surface area contributed by atoms with E-state index in [4.69, 9.17) is 0 Å². The molecular weight excluding hydrogens is 839 g/mol. The largest absolute Gasteiger partial charge is 0.394 e. The highest BCUT2D eigenvalue weighted by Gasteiger charge is 2.28. The number of hydrogen-bond acceptors (Lipinski definition) is 5. The van der Waals surface area contributed by atoms with Crippen molar-refractivity contribution in [1.29, 1.82) is 0 Å². The molecule has 4 atom stereocenters. The minimum Gasteiger partial charge on any atom is -0.394 e. The molecule has 0 aromatic heterocycles. The molecule has 0 aromatic carbocycles. The smallest absolute Gasteiger partial charge is 0.249 e. The fourth-order valence-electron chi connectivity index (χ4n) is 9.54. The van der Waals surface area contributed by atoms with E-state index in [1.807, 2.05) is 0 Å². The van der Waals surface area contributed by atoms with Crippen LogP contribution in [0, 0.1) is 0 Å². The van der Waals surface area contributed by atoms with Crippen molar-refractivity contribution in [2.45, 2.75) is 346 Å². The molecule has 0 saturated heterocycles. The van der Waals surface area contributed by atoms with Gasteiger partial charge in [0.15, 0.2) is 0 Å². The van der Waals surface area contributed by atoms with Crippen LogP contribution in [0.15, 0.2) is 36.5 Å². The number of nitrogens with one attached hydrogen (secondary N) is 1. The van der Waals surface area contributed by atoms with Gasteiger partial charge in [-0.1, -0.05) is 281 Å². The summed E-state index contributed by atoms with van der Waals surface area (Å²) in [6.45, 7) is 4.07. The Balaban J connectivity index is 3.59. The first-order chi connectivity index (χ1) is 33.5. The van der Waals surface area contributed by atoms with Gasteiger partial charge in [0.25, 0.3) is 0 Å². The lowest BCUT2D eigenvalue weighted by Crippen LogP contribution is -2.53. The first-order valence-corrected chi connectivity index (χ1v) is 30.4. The molecule has 0 spiro atoms. The summed E-state index contributed by atoms with van der Waals surface area (Å²) in [7, 11) is 0. The van der Waals surface area contributed by atoms with E-state index in [9.17, 15) is 25.2 Å². The van der Waals surface area contributed by atoms with Crippen molar-refractivity contribution < 1.29 is 25.2 Å². The topological polar surface area (TPSA) is 110 Å². The minimum absolute atomic E-state index is 0.362. The number of rotatable bonds is 56. The number of aliphatic hydroxyl groups is 4. The number of carbonyl (C=O) groups is 1. The third kappa shape index (κ3) is 49.5. The number of amides is 1. The summed E-state index contributed by atoms with van der Waals surface area (Å²) in [6.07, 6.45) is 71.0. The van der Waals surface area contributed by atoms with Crippen LogP contribution in [0.3, 0.4) is 0 Å². The van der Waals surface area contributed by atoms with Crippen molar-refractivity contribution in [1.82, 2.24) is 5.32 Å². The van der Waals surface area contributed by atoms with Crippen LogP contribution in [-0.2, 0) is 4.79 Å². The van der Waals surface area contributed by atoms with Gasteiger partial charge >= 0.3 is 0 Å². The zero-order valence-electron chi connectivity index (χ0n) is 45.6. The fraction of sp³-hybridized carbons (Fsp3) is 0.887. The second-order valence-corrected chi connectivity index (χ2v) is 21.0.